The molecule has 1 amide bonds. The molecule has 0 saturated carbocycles. The first-order chi connectivity index (χ1) is 8.45. The van der Waals surface area contributed by atoms with E-state index in [0.717, 1.165) is 0 Å². The Kier molecular flexibility index (Phi) is 3.80. The van der Waals surface area contributed by atoms with Crippen LogP contribution in [-0.4, -0.2) is 34.4 Å². The van der Waals surface area contributed by atoms with E-state index < -0.39 is 5.82 Å². The van der Waals surface area contributed by atoms with Gasteiger partial charge in [-0.3, -0.25) is 4.79 Å². The van der Waals surface area contributed by atoms with Gasteiger partial charge in [-0.2, -0.15) is 11.8 Å². The fraction of sp³-hybridized carbons (Fsp3) is 0.462. The van der Waals surface area contributed by atoms with Crippen LogP contribution in [0.3, 0.4) is 0 Å². The zero-order chi connectivity index (χ0) is 13.3. The van der Waals surface area contributed by atoms with Crippen molar-refractivity contribution in [3.05, 3.63) is 29.6 Å². The largest absolute Gasteiger partial charge is 0.399 e. The fourth-order valence-corrected chi connectivity index (χ4v) is 3.59. The van der Waals surface area contributed by atoms with E-state index in [1.165, 1.54) is 18.2 Å². The molecule has 1 heterocycles. The number of benzene rings is 1. The average molecular weight is 268 g/mol. The smallest absolute Gasteiger partial charge is 0.254 e. The molecule has 1 fully saturated rings. The second-order valence-electron chi connectivity index (χ2n) is 4.74. The maximum Gasteiger partial charge on any atom is 0.254 e. The quantitative estimate of drug-likeness (QED) is 0.795. The summed E-state index contributed by atoms with van der Waals surface area (Å²) in [7, 11) is 0. The van der Waals surface area contributed by atoms with Gasteiger partial charge in [0, 0.05) is 34.8 Å². The number of nitrogens with zero attached hydrogens (tertiary/aromatic N) is 1. The summed E-state index contributed by atoms with van der Waals surface area (Å²) < 4.78 is 13.3. The minimum absolute atomic E-state index is 0.139. The first-order valence-corrected chi connectivity index (χ1v) is 6.91. The van der Waals surface area contributed by atoms with Crippen molar-refractivity contribution < 1.29 is 9.18 Å². The van der Waals surface area contributed by atoms with Crippen LogP contribution in [0.25, 0.3) is 0 Å². The third-order valence-electron chi connectivity index (χ3n) is 2.87. The highest BCUT2D eigenvalue weighted by Gasteiger charge is 2.26. The average Bonchev–Trinajstić information content (AvgIpc) is 2.25. The van der Waals surface area contributed by atoms with E-state index in [2.05, 4.69) is 13.8 Å². The minimum Gasteiger partial charge on any atom is -0.399 e. The van der Waals surface area contributed by atoms with Crippen LogP contribution in [0, 0.1) is 5.82 Å². The lowest BCUT2D eigenvalue weighted by Gasteiger charge is -2.34. The highest BCUT2D eigenvalue weighted by Crippen LogP contribution is 2.26. The Hall–Kier alpha value is -1.23. The van der Waals surface area contributed by atoms with Crippen molar-refractivity contribution >= 4 is 23.4 Å². The molecule has 1 aliphatic rings. The molecule has 18 heavy (non-hydrogen) atoms. The number of thioether (sulfide) groups is 1. The van der Waals surface area contributed by atoms with Crippen LogP contribution < -0.4 is 5.73 Å². The number of anilines is 1. The summed E-state index contributed by atoms with van der Waals surface area (Å²) in [5.41, 5.74) is 6.18. The van der Waals surface area contributed by atoms with E-state index in [4.69, 9.17) is 5.73 Å². The Bertz CT molecular complexity index is 436. The predicted molar refractivity (Wildman–Crippen MR) is 73.2 cm³/mol. The minimum atomic E-state index is -0.467. The van der Waals surface area contributed by atoms with Crippen molar-refractivity contribution in [3.63, 3.8) is 0 Å². The van der Waals surface area contributed by atoms with Crippen LogP contribution in [0.4, 0.5) is 10.1 Å². The van der Waals surface area contributed by atoms with Gasteiger partial charge in [-0.15, -0.1) is 0 Å². The Morgan fingerprint density at radius 1 is 1.33 bits per heavy atom. The Labute approximate surface area is 111 Å². The van der Waals surface area contributed by atoms with Crippen molar-refractivity contribution in [2.75, 3.05) is 18.8 Å². The number of carbonyl (C=O) groups is 1. The third kappa shape index (κ3) is 2.96. The second kappa shape index (κ2) is 5.18. The van der Waals surface area contributed by atoms with Gasteiger partial charge in [0.1, 0.15) is 5.82 Å². The molecule has 5 heteroatoms. The van der Waals surface area contributed by atoms with E-state index in [-0.39, 0.29) is 11.6 Å². The summed E-state index contributed by atoms with van der Waals surface area (Å²) in [6, 6.07) is 3.99. The number of rotatable bonds is 1. The Morgan fingerprint density at radius 2 is 1.94 bits per heavy atom. The van der Waals surface area contributed by atoms with Gasteiger partial charge in [0.05, 0.1) is 0 Å². The first kappa shape index (κ1) is 13.2. The second-order valence-corrected chi connectivity index (χ2v) is 6.62. The highest BCUT2D eigenvalue weighted by molar-refractivity contribution is 8.00. The molecule has 98 valence electrons. The van der Waals surface area contributed by atoms with Crippen molar-refractivity contribution in [1.82, 2.24) is 4.90 Å². The SMILES string of the molecule is CC1CN(C(=O)c2cc(N)cc(F)c2)CC(C)S1. The summed E-state index contributed by atoms with van der Waals surface area (Å²) in [6.07, 6.45) is 0. The number of hydrogen-bond donors (Lipinski definition) is 1. The lowest BCUT2D eigenvalue weighted by atomic mass is 10.1. The van der Waals surface area contributed by atoms with Gasteiger partial charge < -0.3 is 10.6 Å². The topological polar surface area (TPSA) is 46.3 Å². The number of nitrogens with two attached hydrogens (primary N) is 1. The summed E-state index contributed by atoms with van der Waals surface area (Å²) in [5, 5.41) is 0.812. The van der Waals surface area contributed by atoms with Crippen molar-refractivity contribution in [3.8, 4) is 0 Å². The Balaban J connectivity index is 2.20. The molecule has 0 spiro atoms. The number of halogens is 1. The van der Waals surface area contributed by atoms with E-state index in [0.29, 0.717) is 29.2 Å². The summed E-state index contributed by atoms with van der Waals surface area (Å²) in [5.74, 6) is -0.606. The molecular formula is C13H17FN2OS. The summed E-state index contributed by atoms with van der Waals surface area (Å²) in [4.78, 5) is 14.1. The maximum absolute atomic E-state index is 13.3. The summed E-state index contributed by atoms with van der Waals surface area (Å²) >= 11 is 1.87. The van der Waals surface area contributed by atoms with E-state index in [1.807, 2.05) is 11.8 Å². The molecule has 1 saturated heterocycles. The van der Waals surface area contributed by atoms with Crippen LogP contribution in [0.15, 0.2) is 18.2 Å². The molecular weight excluding hydrogens is 251 g/mol. The molecule has 2 atom stereocenters. The number of amides is 1. The van der Waals surface area contributed by atoms with Crippen LogP contribution in [0.2, 0.25) is 0 Å². The lowest BCUT2D eigenvalue weighted by Crippen LogP contribution is -2.44. The predicted octanol–water partition coefficient (Wildman–Crippen LogP) is 2.37. The standard InChI is InChI=1S/C13H17FN2OS/c1-8-6-16(7-9(2)18-8)13(17)10-3-11(14)5-12(15)4-10/h3-5,8-9H,6-7,15H2,1-2H3. The van der Waals surface area contributed by atoms with Crippen LogP contribution in [0.5, 0.6) is 0 Å². The van der Waals surface area contributed by atoms with Gasteiger partial charge in [0.15, 0.2) is 0 Å². The fourth-order valence-electron chi connectivity index (χ4n) is 2.26. The van der Waals surface area contributed by atoms with Crippen LogP contribution in [0.1, 0.15) is 24.2 Å². The third-order valence-corrected chi connectivity index (χ3v) is 4.10. The van der Waals surface area contributed by atoms with Gasteiger partial charge in [-0.25, -0.2) is 4.39 Å². The number of hydrogen-bond acceptors (Lipinski definition) is 3. The van der Waals surface area contributed by atoms with Gasteiger partial charge in [0.2, 0.25) is 0 Å². The molecule has 2 N–H and O–H groups in total. The molecule has 0 aliphatic carbocycles. The molecule has 1 aromatic carbocycles. The lowest BCUT2D eigenvalue weighted by molar-refractivity contribution is 0.0753. The van der Waals surface area contributed by atoms with Crippen molar-refractivity contribution in [2.24, 2.45) is 0 Å². The molecule has 0 aromatic heterocycles. The zero-order valence-electron chi connectivity index (χ0n) is 10.5. The van der Waals surface area contributed by atoms with Gasteiger partial charge in [-0.1, -0.05) is 13.8 Å². The monoisotopic (exact) mass is 268 g/mol. The number of nitrogen functional groups attached to an aromatic ring is 1. The van der Waals surface area contributed by atoms with Crippen molar-refractivity contribution in [1.29, 1.82) is 0 Å². The Morgan fingerprint density at radius 3 is 2.50 bits per heavy atom. The summed E-state index contributed by atoms with van der Waals surface area (Å²) in [6.45, 7) is 5.59. The first-order valence-electron chi connectivity index (χ1n) is 5.96. The zero-order valence-corrected chi connectivity index (χ0v) is 11.3. The van der Waals surface area contributed by atoms with Crippen LogP contribution >= 0.6 is 11.8 Å². The van der Waals surface area contributed by atoms with E-state index >= 15 is 0 Å². The van der Waals surface area contributed by atoms with Gasteiger partial charge in [-0.05, 0) is 18.2 Å². The van der Waals surface area contributed by atoms with Gasteiger partial charge >= 0.3 is 0 Å². The molecule has 1 aliphatic heterocycles. The molecule has 2 rings (SSSR count). The van der Waals surface area contributed by atoms with Crippen LogP contribution in [-0.2, 0) is 0 Å². The maximum atomic E-state index is 13.3. The molecule has 3 nitrogen and oxygen atoms in total. The number of carbonyl (C=O) groups excluding carboxylic acids is 1. The normalized spacial score (nSPS) is 24.1. The molecule has 0 radical (unpaired) electrons. The van der Waals surface area contributed by atoms with E-state index in [1.54, 1.807) is 4.90 Å². The molecule has 2 unspecified atom stereocenters. The van der Waals surface area contributed by atoms with Gasteiger partial charge in [0.25, 0.3) is 5.91 Å². The van der Waals surface area contributed by atoms with E-state index in [9.17, 15) is 9.18 Å². The molecule has 1 aromatic rings. The highest BCUT2D eigenvalue weighted by atomic mass is 32.2. The molecule has 0 bridgehead atoms. The van der Waals surface area contributed by atoms with Crippen molar-refractivity contribution in [2.45, 2.75) is 24.3 Å².